The molecule has 0 radical (unpaired) electrons. The Hall–Kier alpha value is -1.74. The van der Waals surface area contributed by atoms with Crippen LogP contribution in [0.4, 0.5) is 8.78 Å². The van der Waals surface area contributed by atoms with Crippen LogP contribution in [0.3, 0.4) is 0 Å². The van der Waals surface area contributed by atoms with E-state index in [1.807, 2.05) is 24.3 Å². The van der Waals surface area contributed by atoms with Crippen molar-refractivity contribution >= 4 is 0 Å². The van der Waals surface area contributed by atoms with E-state index in [0.717, 1.165) is 18.1 Å². The number of nitrogens with two attached hydrogens (primary N) is 1. The summed E-state index contributed by atoms with van der Waals surface area (Å²) in [5.41, 5.74) is 7.54. The van der Waals surface area contributed by atoms with Gasteiger partial charge in [-0.05, 0) is 30.5 Å². The van der Waals surface area contributed by atoms with Crippen molar-refractivity contribution < 1.29 is 8.78 Å². The lowest BCUT2D eigenvalue weighted by molar-refractivity contribution is 0.517. The second-order valence-corrected chi connectivity index (χ2v) is 4.88. The van der Waals surface area contributed by atoms with Crippen LogP contribution in [-0.4, -0.2) is 0 Å². The number of benzene rings is 2. The van der Waals surface area contributed by atoms with Crippen molar-refractivity contribution in [1.29, 1.82) is 0 Å². The fourth-order valence-electron chi connectivity index (χ4n) is 2.15. The fraction of sp³-hybridized carbons (Fsp3) is 0.250. The molecule has 19 heavy (non-hydrogen) atoms. The number of halogens is 2. The molecule has 0 saturated heterocycles. The van der Waals surface area contributed by atoms with E-state index < -0.39 is 17.2 Å². The molecule has 2 rings (SSSR count). The predicted molar refractivity (Wildman–Crippen MR) is 72.8 cm³/mol. The molecule has 2 N–H and O–H groups in total. The highest BCUT2D eigenvalue weighted by Crippen LogP contribution is 2.29. The third kappa shape index (κ3) is 2.66. The quantitative estimate of drug-likeness (QED) is 0.894. The summed E-state index contributed by atoms with van der Waals surface area (Å²) in [4.78, 5) is 0. The van der Waals surface area contributed by atoms with Crippen LogP contribution in [0.2, 0.25) is 0 Å². The number of hydrogen-bond donors (Lipinski definition) is 1. The topological polar surface area (TPSA) is 26.0 Å². The molecule has 3 heteroatoms. The standard InChI is InChI=1S/C16H17F2N/c1-3-11-4-6-12(7-5-11)16(2,19)14-9-8-13(17)10-15(14)18/h4-10H,3,19H2,1-2H3. The van der Waals surface area contributed by atoms with Gasteiger partial charge in [0.25, 0.3) is 0 Å². The van der Waals surface area contributed by atoms with Crippen molar-refractivity contribution in [3.63, 3.8) is 0 Å². The number of hydrogen-bond acceptors (Lipinski definition) is 1. The minimum absolute atomic E-state index is 0.290. The summed E-state index contributed by atoms with van der Waals surface area (Å²) < 4.78 is 26.8. The maximum atomic E-state index is 13.9. The average Bonchev–Trinajstić information content (AvgIpc) is 2.38. The molecule has 0 aliphatic carbocycles. The monoisotopic (exact) mass is 261 g/mol. The molecule has 0 amide bonds. The second-order valence-electron chi connectivity index (χ2n) is 4.88. The Balaban J connectivity index is 2.45. The van der Waals surface area contributed by atoms with Crippen LogP contribution >= 0.6 is 0 Å². The van der Waals surface area contributed by atoms with Crippen molar-refractivity contribution in [2.45, 2.75) is 25.8 Å². The van der Waals surface area contributed by atoms with Gasteiger partial charge in [-0.1, -0.05) is 37.3 Å². The predicted octanol–water partition coefficient (Wildman–Crippen LogP) is 3.75. The van der Waals surface area contributed by atoms with E-state index in [1.54, 1.807) is 6.92 Å². The highest BCUT2D eigenvalue weighted by molar-refractivity contribution is 5.39. The molecule has 1 atom stereocenters. The molecule has 0 aliphatic rings. The van der Waals surface area contributed by atoms with Gasteiger partial charge in [0.1, 0.15) is 11.6 Å². The van der Waals surface area contributed by atoms with E-state index in [2.05, 4.69) is 6.92 Å². The molecule has 1 unspecified atom stereocenters. The van der Waals surface area contributed by atoms with Crippen LogP contribution in [0.5, 0.6) is 0 Å². The summed E-state index contributed by atoms with van der Waals surface area (Å²) in [6, 6.07) is 11.2. The van der Waals surface area contributed by atoms with Gasteiger partial charge < -0.3 is 5.73 Å². The zero-order valence-corrected chi connectivity index (χ0v) is 11.1. The molecule has 0 aromatic heterocycles. The zero-order chi connectivity index (χ0) is 14.0. The molecular formula is C16H17F2N. The van der Waals surface area contributed by atoms with Crippen molar-refractivity contribution in [2.75, 3.05) is 0 Å². The second kappa shape index (κ2) is 5.10. The van der Waals surface area contributed by atoms with Crippen LogP contribution in [0.15, 0.2) is 42.5 Å². The van der Waals surface area contributed by atoms with Gasteiger partial charge >= 0.3 is 0 Å². The van der Waals surface area contributed by atoms with E-state index in [0.29, 0.717) is 0 Å². The summed E-state index contributed by atoms with van der Waals surface area (Å²) in [7, 11) is 0. The summed E-state index contributed by atoms with van der Waals surface area (Å²) in [5.74, 6) is -1.22. The SMILES string of the molecule is CCc1ccc(C(C)(N)c2ccc(F)cc2F)cc1. The number of aryl methyl sites for hydroxylation is 1. The Morgan fingerprint density at radius 3 is 2.21 bits per heavy atom. The number of rotatable bonds is 3. The lowest BCUT2D eigenvalue weighted by atomic mass is 9.85. The van der Waals surface area contributed by atoms with Gasteiger partial charge in [0.2, 0.25) is 0 Å². The van der Waals surface area contributed by atoms with Gasteiger partial charge in [0, 0.05) is 11.6 Å². The van der Waals surface area contributed by atoms with Crippen LogP contribution in [0.25, 0.3) is 0 Å². The molecule has 0 saturated carbocycles. The lowest BCUT2D eigenvalue weighted by Crippen LogP contribution is -2.35. The van der Waals surface area contributed by atoms with E-state index in [9.17, 15) is 8.78 Å². The van der Waals surface area contributed by atoms with Crippen molar-refractivity contribution in [2.24, 2.45) is 5.73 Å². The third-order valence-electron chi connectivity index (χ3n) is 3.45. The smallest absolute Gasteiger partial charge is 0.131 e. The lowest BCUT2D eigenvalue weighted by Gasteiger charge is -2.26. The molecule has 0 bridgehead atoms. The third-order valence-corrected chi connectivity index (χ3v) is 3.45. The Morgan fingerprint density at radius 1 is 1.05 bits per heavy atom. The Labute approximate surface area is 112 Å². The zero-order valence-electron chi connectivity index (χ0n) is 11.1. The Bertz CT molecular complexity index is 574. The van der Waals surface area contributed by atoms with E-state index in [4.69, 9.17) is 5.73 Å². The van der Waals surface area contributed by atoms with E-state index >= 15 is 0 Å². The minimum atomic E-state index is -0.982. The molecular weight excluding hydrogens is 244 g/mol. The highest BCUT2D eigenvalue weighted by Gasteiger charge is 2.27. The average molecular weight is 261 g/mol. The molecule has 1 nitrogen and oxygen atoms in total. The van der Waals surface area contributed by atoms with Gasteiger partial charge in [-0.25, -0.2) is 8.78 Å². The summed E-state index contributed by atoms with van der Waals surface area (Å²) >= 11 is 0. The molecule has 0 heterocycles. The largest absolute Gasteiger partial charge is 0.318 e. The first-order valence-corrected chi connectivity index (χ1v) is 6.29. The summed E-state index contributed by atoms with van der Waals surface area (Å²) in [6.45, 7) is 3.79. The Kier molecular flexibility index (Phi) is 3.67. The van der Waals surface area contributed by atoms with Crippen molar-refractivity contribution in [3.8, 4) is 0 Å². The van der Waals surface area contributed by atoms with Crippen LogP contribution in [0, 0.1) is 11.6 Å². The molecule has 100 valence electrons. The first kappa shape index (κ1) is 13.7. The van der Waals surface area contributed by atoms with Gasteiger partial charge in [0.05, 0.1) is 5.54 Å². The Morgan fingerprint density at radius 2 is 1.68 bits per heavy atom. The summed E-state index contributed by atoms with van der Waals surface area (Å²) in [5, 5.41) is 0. The normalized spacial score (nSPS) is 14.2. The minimum Gasteiger partial charge on any atom is -0.318 e. The highest BCUT2D eigenvalue weighted by atomic mass is 19.1. The van der Waals surface area contributed by atoms with Crippen LogP contribution in [-0.2, 0) is 12.0 Å². The van der Waals surface area contributed by atoms with Crippen LogP contribution < -0.4 is 5.73 Å². The molecule has 2 aromatic rings. The maximum Gasteiger partial charge on any atom is 0.131 e. The van der Waals surface area contributed by atoms with Crippen molar-refractivity contribution in [1.82, 2.24) is 0 Å². The van der Waals surface area contributed by atoms with Gasteiger partial charge in [0.15, 0.2) is 0 Å². The van der Waals surface area contributed by atoms with E-state index in [1.165, 1.54) is 17.7 Å². The maximum absolute atomic E-state index is 13.9. The molecule has 0 spiro atoms. The molecule has 0 aliphatic heterocycles. The fourth-order valence-corrected chi connectivity index (χ4v) is 2.15. The van der Waals surface area contributed by atoms with Gasteiger partial charge in [-0.2, -0.15) is 0 Å². The molecule has 0 fully saturated rings. The van der Waals surface area contributed by atoms with Gasteiger partial charge in [-0.15, -0.1) is 0 Å². The van der Waals surface area contributed by atoms with E-state index in [-0.39, 0.29) is 5.56 Å². The van der Waals surface area contributed by atoms with Crippen LogP contribution in [0.1, 0.15) is 30.5 Å². The first-order valence-electron chi connectivity index (χ1n) is 6.29. The van der Waals surface area contributed by atoms with Crippen molar-refractivity contribution in [3.05, 3.63) is 70.8 Å². The molecule has 2 aromatic carbocycles. The first-order chi connectivity index (χ1) is 8.95. The summed E-state index contributed by atoms with van der Waals surface area (Å²) in [6.07, 6.45) is 0.937. The van der Waals surface area contributed by atoms with Gasteiger partial charge in [-0.3, -0.25) is 0 Å².